The lowest BCUT2D eigenvalue weighted by atomic mass is 10.0. The topological polar surface area (TPSA) is 124 Å². The second kappa shape index (κ2) is 16.2. The molecule has 0 radical (unpaired) electrons. The zero-order valence-electron chi connectivity index (χ0n) is 27.3. The number of carbonyl (C=O) groups is 2. The molecule has 0 aliphatic carbocycles. The average molecular weight is 696 g/mol. The minimum atomic E-state index is -4.49. The van der Waals surface area contributed by atoms with Crippen LogP contribution in [0.2, 0.25) is 5.02 Å². The minimum Gasteiger partial charge on any atom is -0.497 e. The molecule has 254 valence electrons. The third-order valence-electron chi connectivity index (χ3n) is 7.64. The number of hydrogen-bond donors (Lipinski definition) is 1. The molecule has 1 N–H and O–H groups in total. The van der Waals surface area contributed by atoms with Gasteiger partial charge in [0.2, 0.25) is 11.8 Å². The summed E-state index contributed by atoms with van der Waals surface area (Å²) in [6.07, 6.45) is 0.164. The minimum absolute atomic E-state index is 0.0379. The summed E-state index contributed by atoms with van der Waals surface area (Å²) in [6.45, 7) is -0.743. The number of amides is 2. The van der Waals surface area contributed by atoms with Crippen molar-refractivity contribution in [2.24, 2.45) is 0 Å². The summed E-state index contributed by atoms with van der Waals surface area (Å²) in [5.74, 6) is -0.0985. The molecule has 48 heavy (non-hydrogen) atoms. The molecule has 0 bridgehead atoms. The Morgan fingerprint density at radius 2 is 1.44 bits per heavy atom. The molecule has 0 saturated heterocycles. The Morgan fingerprint density at radius 1 is 0.771 bits per heavy atom. The molecule has 0 spiro atoms. The Hall–Kier alpha value is -4.94. The van der Waals surface area contributed by atoms with Gasteiger partial charge in [-0.3, -0.25) is 13.9 Å². The van der Waals surface area contributed by atoms with Crippen molar-refractivity contribution >= 4 is 39.1 Å². The molecule has 1 atom stereocenters. The van der Waals surface area contributed by atoms with E-state index in [-0.39, 0.29) is 35.0 Å². The molecule has 4 aromatic rings. The lowest BCUT2D eigenvalue weighted by Crippen LogP contribution is -2.53. The second-order valence-corrected chi connectivity index (χ2v) is 12.8. The van der Waals surface area contributed by atoms with Crippen molar-refractivity contribution in [2.45, 2.75) is 23.9 Å². The van der Waals surface area contributed by atoms with Gasteiger partial charge in [0.05, 0.1) is 39.0 Å². The maximum atomic E-state index is 14.6. The number of carbonyl (C=O) groups excluding carboxylic acids is 2. The number of hydrogen-bond acceptors (Lipinski definition) is 8. The molecule has 0 aliphatic rings. The van der Waals surface area contributed by atoms with Gasteiger partial charge in [-0.05, 0) is 47.5 Å². The van der Waals surface area contributed by atoms with E-state index in [1.54, 1.807) is 36.4 Å². The monoisotopic (exact) mass is 695 g/mol. The number of likely N-dealkylation sites (N-methyl/N-ethyl adjacent to an activating group) is 1. The van der Waals surface area contributed by atoms with Crippen molar-refractivity contribution < 1.29 is 37.0 Å². The summed E-state index contributed by atoms with van der Waals surface area (Å²) < 4.78 is 51.7. The molecule has 0 fully saturated rings. The van der Waals surface area contributed by atoms with Crippen LogP contribution in [0, 0.1) is 0 Å². The summed E-state index contributed by atoms with van der Waals surface area (Å²) in [4.78, 5) is 29.3. The van der Waals surface area contributed by atoms with Gasteiger partial charge in [-0.15, -0.1) is 0 Å². The SMILES string of the molecule is CNC(=O)C(Cc1ccccc1)N(Cc1cccc(Cl)c1)C(=O)CN(c1cc(OC)ccc1OC)S(=O)(=O)c1ccc(OC)c(OC)c1. The molecule has 0 aromatic heterocycles. The number of ether oxygens (including phenoxy) is 4. The van der Waals surface area contributed by atoms with Crippen molar-refractivity contribution in [3.63, 3.8) is 0 Å². The molecule has 1 unspecified atom stereocenters. The van der Waals surface area contributed by atoms with Crippen LogP contribution in [0.3, 0.4) is 0 Å². The molecular formula is C35H38ClN3O8S. The van der Waals surface area contributed by atoms with Crippen molar-refractivity contribution in [3.05, 3.63) is 107 Å². The zero-order valence-corrected chi connectivity index (χ0v) is 28.9. The Balaban J connectivity index is 1.88. The highest BCUT2D eigenvalue weighted by Crippen LogP contribution is 2.38. The van der Waals surface area contributed by atoms with Gasteiger partial charge in [0.1, 0.15) is 24.1 Å². The molecular weight excluding hydrogens is 658 g/mol. The quantitative estimate of drug-likeness (QED) is 0.185. The molecule has 4 aromatic carbocycles. The maximum absolute atomic E-state index is 14.6. The largest absolute Gasteiger partial charge is 0.497 e. The van der Waals surface area contributed by atoms with Crippen LogP contribution in [0.5, 0.6) is 23.0 Å². The Bertz CT molecular complexity index is 1840. The maximum Gasteiger partial charge on any atom is 0.265 e. The van der Waals surface area contributed by atoms with E-state index in [1.807, 2.05) is 30.3 Å². The predicted octanol–water partition coefficient (Wildman–Crippen LogP) is 4.96. The van der Waals surface area contributed by atoms with Gasteiger partial charge in [-0.2, -0.15) is 0 Å². The van der Waals surface area contributed by atoms with E-state index in [0.717, 1.165) is 9.87 Å². The molecule has 11 nitrogen and oxygen atoms in total. The first-order chi connectivity index (χ1) is 23.1. The Labute approximate surface area is 286 Å². The fourth-order valence-electron chi connectivity index (χ4n) is 5.16. The van der Waals surface area contributed by atoms with E-state index in [9.17, 15) is 18.0 Å². The Morgan fingerprint density at radius 3 is 2.06 bits per heavy atom. The fraction of sp³-hybridized carbons (Fsp3) is 0.257. The second-order valence-electron chi connectivity index (χ2n) is 10.5. The summed E-state index contributed by atoms with van der Waals surface area (Å²) >= 11 is 6.29. The third-order valence-corrected chi connectivity index (χ3v) is 9.63. The Kier molecular flexibility index (Phi) is 12.2. The van der Waals surface area contributed by atoms with E-state index >= 15 is 0 Å². The van der Waals surface area contributed by atoms with Crippen LogP contribution in [0.1, 0.15) is 11.1 Å². The van der Waals surface area contributed by atoms with Crippen molar-refractivity contribution in [1.82, 2.24) is 10.2 Å². The standard InChI is InChI=1S/C35H38ClN3O8S/c1-37-35(41)30(19-24-10-7-6-8-11-24)38(22-25-12-9-13-26(36)18-25)34(40)23-39(29-20-27(44-2)14-16-31(29)45-3)48(42,43)28-15-17-32(46-4)33(21-28)47-5/h6-18,20-21,30H,19,22-23H2,1-5H3,(H,37,41). The van der Waals surface area contributed by atoms with E-state index in [0.29, 0.717) is 22.1 Å². The average Bonchev–Trinajstić information content (AvgIpc) is 3.11. The number of nitrogens with zero attached hydrogens (tertiary/aromatic N) is 2. The number of halogens is 1. The highest BCUT2D eigenvalue weighted by molar-refractivity contribution is 7.92. The first-order valence-electron chi connectivity index (χ1n) is 14.8. The molecule has 13 heteroatoms. The smallest absolute Gasteiger partial charge is 0.265 e. The van der Waals surface area contributed by atoms with E-state index in [1.165, 1.54) is 64.7 Å². The van der Waals surface area contributed by atoms with Gasteiger partial charge < -0.3 is 29.2 Å². The van der Waals surface area contributed by atoms with E-state index in [2.05, 4.69) is 5.32 Å². The summed E-state index contributed by atoms with van der Waals surface area (Å²) in [5.41, 5.74) is 1.49. The van der Waals surface area contributed by atoms with Gasteiger partial charge in [-0.25, -0.2) is 8.42 Å². The molecule has 0 saturated carbocycles. The van der Waals surface area contributed by atoms with Crippen molar-refractivity contribution in [2.75, 3.05) is 46.3 Å². The predicted molar refractivity (Wildman–Crippen MR) is 184 cm³/mol. The van der Waals surface area contributed by atoms with Crippen LogP contribution in [-0.4, -0.2) is 73.2 Å². The zero-order chi connectivity index (χ0) is 34.8. The van der Waals surface area contributed by atoms with Crippen molar-refractivity contribution in [3.8, 4) is 23.0 Å². The fourth-order valence-corrected chi connectivity index (χ4v) is 6.81. The van der Waals surface area contributed by atoms with Crippen LogP contribution in [0.15, 0.2) is 95.9 Å². The van der Waals surface area contributed by atoms with Gasteiger partial charge >= 0.3 is 0 Å². The molecule has 2 amide bonds. The van der Waals surface area contributed by atoms with Crippen LogP contribution in [0.4, 0.5) is 5.69 Å². The number of rotatable bonds is 15. The number of benzene rings is 4. The van der Waals surface area contributed by atoms with Crippen LogP contribution >= 0.6 is 11.6 Å². The van der Waals surface area contributed by atoms with Crippen LogP contribution in [-0.2, 0) is 32.6 Å². The summed E-state index contributed by atoms with van der Waals surface area (Å²) in [5, 5.41) is 3.11. The van der Waals surface area contributed by atoms with E-state index in [4.69, 9.17) is 30.5 Å². The van der Waals surface area contributed by atoms with Gasteiger partial charge in [0.25, 0.3) is 10.0 Å². The lowest BCUT2D eigenvalue weighted by molar-refractivity contribution is -0.139. The molecule has 0 heterocycles. The van der Waals surface area contributed by atoms with Crippen LogP contribution in [0.25, 0.3) is 0 Å². The number of methoxy groups -OCH3 is 4. The van der Waals surface area contributed by atoms with E-state index < -0.39 is 34.4 Å². The summed E-state index contributed by atoms with van der Waals surface area (Å²) in [7, 11) is 2.64. The van der Waals surface area contributed by atoms with Gasteiger partial charge in [0.15, 0.2) is 11.5 Å². The van der Waals surface area contributed by atoms with Gasteiger partial charge in [0, 0.05) is 37.2 Å². The number of nitrogens with one attached hydrogen (secondary N) is 1. The summed E-state index contributed by atoms with van der Waals surface area (Å²) in [6, 6.07) is 23.9. The molecule has 4 rings (SSSR count). The third kappa shape index (κ3) is 8.31. The number of anilines is 1. The highest BCUT2D eigenvalue weighted by atomic mass is 35.5. The van der Waals surface area contributed by atoms with Gasteiger partial charge in [-0.1, -0.05) is 54.1 Å². The molecule has 0 aliphatic heterocycles. The number of sulfonamides is 1. The normalized spacial score (nSPS) is 11.6. The lowest BCUT2D eigenvalue weighted by Gasteiger charge is -2.34. The van der Waals surface area contributed by atoms with Crippen LogP contribution < -0.4 is 28.6 Å². The first kappa shape index (κ1) is 35.9. The van der Waals surface area contributed by atoms with Crippen molar-refractivity contribution in [1.29, 1.82) is 0 Å². The highest BCUT2D eigenvalue weighted by Gasteiger charge is 2.36. The first-order valence-corrected chi connectivity index (χ1v) is 16.6.